The van der Waals surface area contributed by atoms with Crippen LogP contribution in [0.15, 0.2) is 47.4 Å². The quantitative estimate of drug-likeness (QED) is 0.895. The molecule has 106 valence electrons. The highest BCUT2D eigenvalue weighted by Gasteiger charge is 2.15. The summed E-state index contributed by atoms with van der Waals surface area (Å²) in [5.74, 6) is 0. The Balaban J connectivity index is 2.32. The van der Waals surface area contributed by atoms with Gasteiger partial charge in [0.2, 0.25) is 0 Å². The highest BCUT2D eigenvalue weighted by molar-refractivity contribution is 7.92. The van der Waals surface area contributed by atoms with Crippen molar-refractivity contribution < 1.29 is 8.42 Å². The van der Waals surface area contributed by atoms with Crippen molar-refractivity contribution >= 4 is 44.6 Å². The van der Waals surface area contributed by atoms with Crippen molar-refractivity contribution in [2.75, 3.05) is 17.1 Å². The molecule has 0 saturated carbocycles. The van der Waals surface area contributed by atoms with E-state index in [1.807, 2.05) is 0 Å². The minimum atomic E-state index is -3.70. The maximum Gasteiger partial charge on any atom is 0.261 e. The molecule has 0 bridgehead atoms. The number of nitrogens with one attached hydrogen (secondary N) is 2. The molecule has 0 spiro atoms. The Labute approximate surface area is 127 Å². The first-order valence-corrected chi connectivity index (χ1v) is 7.92. The van der Waals surface area contributed by atoms with Crippen molar-refractivity contribution in [1.29, 1.82) is 0 Å². The number of hydrogen-bond donors (Lipinski definition) is 2. The summed E-state index contributed by atoms with van der Waals surface area (Å²) in [5, 5.41) is 3.60. The first kappa shape index (κ1) is 15.0. The summed E-state index contributed by atoms with van der Waals surface area (Å²) < 4.78 is 26.9. The zero-order valence-corrected chi connectivity index (χ0v) is 12.9. The number of halogens is 2. The van der Waals surface area contributed by atoms with E-state index in [9.17, 15) is 8.42 Å². The van der Waals surface area contributed by atoms with Crippen LogP contribution in [0.25, 0.3) is 0 Å². The fraction of sp³-hybridized carbons (Fsp3) is 0.0769. The smallest absolute Gasteiger partial charge is 0.261 e. The highest BCUT2D eigenvalue weighted by Crippen LogP contribution is 2.27. The van der Waals surface area contributed by atoms with Crippen LogP contribution in [0.5, 0.6) is 0 Å². The summed E-state index contributed by atoms with van der Waals surface area (Å²) in [6.45, 7) is 0. The lowest BCUT2D eigenvalue weighted by atomic mass is 10.3. The molecule has 0 unspecified atom stereocenters. The number of anilines is 2. The first-order valence-electron chi connectivity index (χ1n) is 5.68. The normalized spacial score (nSPS) is 11.2. The third-order valence-corrected chi connectivity index (χ3v) is 4.57. The van der Waals surface area contributed by atoms with Gasteiger partial charge in [-0.05, 0) is 42.5 Å². The highest BCUT2D eigenvalue weighted by atomic mass is 35.5. The van der Waals surface area contributed by atoms with Crippen molar-refractivity contribution in [2.24, 2.45) is 0 Å². The van der Waals surface area contributed by atoms with Gasteiger partial charge in [0.05, 0.1) is 15.6 Å². The molecule has 20 heavy (non-hydrogen) atoms. The Hall–Kier alpha value is -1.43. The van der Waals surface area contributed by atoms with Gasteiger partial charge in [0.15, 0.2) is 0 Å². The van der Waals surface area contributed by atoms with Gasteiger partial charge in [0.25, 0.3) is 10.0 Å². The monoisotopic (exact) mass is 330 g/mol. The van der Waals surface area contributed by atoms with Gasteiger partial charge in [-0.1, -0.05) is 23.2 Å². The van der Waals surface area contributed by atoms with Crippen LogP contribution in [-0.2, 0) is 10.0 Å². The van der Waals surface area contributed by atoms with Gasteiger partial charge in [-0.25, -0.2) is 8.42 Å². The van der Waals surface area contributed by atoms with E-state index in [0.717, 1.165) is 5.69 Å². The molecular formula is C13H12Cl2N2O2S. The van der Waals surface area contributed by atoms with Gasteiger partial charge in [-0.2, -0.15) is 0 Å². The molecule has 0 aliphatic carbocycles. The Bertz CT molecular complexity index is 716. The molecule has 0 heterocycles. The number of rotatable bonds is 4. The number of sulfonamides is 1. The van der Waals surface area contributed by atoms with Crippen molar-refractivity contribution in [3.05, 3.63) is 52.5 Å². The molecule has 0 aliphatic heterocycles. The fourth-order valence-electron chi connectivity index (χ4n) is 1.58. The molecule has 0 saturated heterocycles. The Morgan fingerprint density at radius 3 is 2.25 bits per heavy atom. The van der Waals surface area contributed by atoms with E-state index in [4.69, 9.17) is 23.2 Å². The summed E-state index contributed by atoms with van der Waals surface area (Å²) in [7, 11) is -1.94. The Kier molecular flexibility index (Phi) is 4.42. The average molecular weight is 331 g/mol. The molecular weight excluding hydrogens is 319 g/mol. The zero-order valence-electron chi connectivity index (χ0n) is 10.5. The molecule has 2 rings (SSSR count). The van der Waals surface area contributed by atoms with Gasteiger partial charge in [0.1, 0.15) is 0 Å². The molecule has 0 atom stereocenters. The van der Waals surface area contributed by atoms with Crippen molar-refractivity contribution in [3.8, 4) is 0 Å². The standard InChI is InChI=1S/C13H12Cl2N2O2S/c1-16-10-3-5-11(6-4-10)20(18,19)17-13-8-9(14)2-7-12(13)15/h2-8,16-17H,1H3. The predicted molar refractivity (Wildman–Crippen MR) is 83.3 cm³/mol. The van der Waals surface area contributed by atoms with Crippen molar-refractivity contribution in [2.45, 2.75) is 4.90 Å². The van der Waals surface area contributed by atoms with Gasteiger partial charge >= 0.3 is 0 Å². The van der Waals surface area contributed by atoms with Crippen LogP contribution in [-0.4, -0.2) is 15.5 Å². The molecule has 2 aromatic rings. The molecule has 0 aromatic heterocycles. The summed E-state index contributed by atoms with van der Waals surface area (Å²) in [5.41, 5.74) is 1.07. The van der Waals surface area contributed by atoms with Crippen molar-refractivity contribution in [1.82, 2.24) is 0 Å². The van der Waals surface area contributed by atoms with Crippen LogP contribution < -0.4 is 10.0 Å². The van der Waals surface area contributed by atoms with Crippen LogP contribution in [0.2, 0.25) is 10.0 Å². The van der Waals surface area contributed by atoms with E-state index < -0.39 is 10.0 Å². The van der Waals surface area contributed by atoms with Crippen LogP contribution in [0.4, 0.5) is 11.4 Å². The second-order valence-electron chi connectivity index (χ2n) is 4.00. The van der Waals surface area contributed by atoms with E-state index in [1.54, 1.807) is 25.2 Å². The third-order valence-electron chi connectivity index (χ3n) is 2.63. The molecule has 7 heteroatoms. The SMILES string of the molecule is CNc1ccc(S(=O)(=O)Nc2cc(Cl)ccc2Cl)cc1. The molecule has 0 radical (unpaired) electrons. The molecule has 0 fully saturated rings. The zero-order chi connectivity index (χ0) is 14.8. The second-order valence-corrected chi connectivity index (χ2v) is 6.53. The second kappa shape index (κ2) is 5.91. The summed E-state index contributed by atoms with van der Waals surface area (Å²) in [6, 6.07) is 10.9. The molecule has 2 N–H and O–H groups in total. The molecule has 0 amide bonds. The maximum atomic E-state index is 12.2. The molecule has 4 nitrogen and oxygen atoms in total. The average Bonchev–Trinajstić information content (AvgIpc) is 2.43. The van der Waals surface area contributed by atoms with Crippen LogP contribution in [0.3, 0.4) is 0 Å². The van der Waals surface area contributed by atoms with E-state index in [2.05, 4.69) is 10.0 Å². The number of hydrogen-bond acceptors (Lipinski definition) is 3. The lowest BCUT2D eigenvalue weighted by molar-refractivity contribution is 0.601. The molecule has 0 aliphatic rings. The third kappa shape index (κ3) is 3.36. The van der Waals surface area contributed by atoms with Crippen LogP contribution in [0, 0.1) is 0 Å². The maximum absolute atomic E-state index is 12.2. The van der Waals surface area contributed by atoms with Crippen LogP contribution in [0.1, 0.15) is 0 Å². The van der Waals surface area contributed by atoms with Crippen LogP contribution >= 0.6 is 23.2 Å². The first-order chi connectivity index (χ1) is 9.42. The Morgan fingerprint density at radius 1 is 1.00 bits per heavy atom. The van der Waals surface area contributed by atoms with Crippen molar-refractivity contribution in [3.63, 3.8) is 0 Å². The lowest BCUT2D eigenvalue weighted by Crippen LogP contribution is -2.13. The van der Waals surface area contributed by atoms with Gasteiger partial charge in [-0.3, -0.25) is 4.72 Å². The van der Waals surface area contributed by atoms with E-state index in [1.165, 1.54) is 24.3 Å². The predicted octanol–water partition coefficient (Wildman–Crippen LogP) is 3.84. The van der Waals surface area contributed by atoms with E-state index in [-0.39, 0.29) is 15.6 Å². The van der Waals surface area contributed by atoms with Gasteiger partial charge in [-0.15, -0.1) is 0 Å². The van der Waals surface area contributed by atoms with E-state index >= 15 is 0 Å². The lowest BCUT2D eigenvalue weighted by Gasteiger charge is -2.10. The summed E-state index contributed by atoms with van der Waals surface area (Å²) in [4.78, 5) is 0.146. The minimum Gasteiger partial charge on any atom is -0.388 e. The largest absolute Gasteiger partial charge is 0.388 e. The van der Waals surface area contributed by atoms with E-state index in [0.29, 0.717) is 5.02 Å². The minimum absolute atomic E-state index is 0.146. The van der Waals surface area contributed by atoms with Gasteiger partial charge < -0.3 is 5.32 Å². The molecule has 2 aromatic carbocycles. The topological polar surface area (TPSA) is 58.2 Å². The Morgan fingerprint density at radius 2 is 1.65 bits per heavy atom. The number of benzene rings is 2. The fourth-order valence-corrected chi connectivity index (χ4v) is 3.04. The summed E-state index contributed by atoms with van der Waals surface area (Å²) >= 11 is 11.8. The summed E-state index contributed by atoms with van der Waals surface area (Å²) in [6.07, 6.45) is 0. The van der Waals surface area contributed by atoms with Gasteiger partial charge in [0, 0.05) is 17.8 Å².